The molecule has 0 saturated heterocycles. The summed E-state index contributed by atoms with van der Waals surface area (Å²) in [7, 11) is 0. The Hall–Kier alpha value is -0.0400. The van der Waals surface area contributed by atoms with Crippen LogP contribution in [0, 0.1) is 5.92 Å². The first-order valence-electron chi connectivity index (χ1n) is 8.95. The molecule has 19 heavy (non-hydrogen) atoms. The normalized spacial score (nSPS) is 13.1. The van der Waals surface area contributed by atoms with Crippen LogP contribution >= 0.6 is 0 Å². The van der Waals surface area contributed by atoms with Gasteiger partial charge in [0.2, 0.25) is 0 Å². The first kappa shape index (κ1) is 19.0. The van der Waals surface area contributed by atoms with Crippen molar-refractivity contribution in [1.29, 1.82) is 0 Å². The van der Waals surface area contributed by atoms with Crippen molar-refractivity contribution < 1.29 is 0 Å². The van der Waals surface area contributed by atoms with Crippen molar-refractivity contribution in [2.24, 2.45) is 5.92 Å². The van der Waals surface area contributed by atoms with Gasteiger partial charge in [-0.25, -0.2) is 0 Å². The Bertz CT molecular complexity index is 165. The van der Waals surface area contributed by atoms with E-state index in [-0.39, 0.29) is 0 Å². The molecule has 1 nitrogen and oxygen atoms in total. The smallest absolute Gasteiger partial charge is 0.00874 e. The van der Waals surface area contributed by atoms with Gasteiger partial charge in [0.05, 0.1) is 0 Å². The van der Waals surface area contributed by atoms with Crippen LogP contribution < -0.4 is 5.32 Å². The van der Waals surface area contributed by atoms with Gasteiger partial charge < -0.3 is 5.32 Å². The van der Waals surface area contributed by atoms with E-state index in [9.17, 15) is 0 Å². The van der Waals surface area contributed by atoms with Gasteiger partial charge in [0.1, 0.15) is 0 Å². The lowest BCUT2D eigenvalue weighted by atomic mass is 10.0. The highest BCUT2D eigenvalue weighted by Gasteiger charge is 2.08. The van der Waals surface area contributed by atoms with E-state index in [1.807, 2.05) is 0 Å². The second-order valence-corrected chi connectivity index (χ2v) is 6.39. The monoisotopic (exact) mass is 269 g/mol. The molecule has 0 amide bonds. The molecule has 0 aromatic carbocycles. The van der Waals surface area contributed by atoms with Gasteiger partial charge in [0.15, 0.2) is 0 Å². The van der Waals surface area contributed by atoms with Gasteiger partial charge in [-0.05, 0) is 25.3 Å². The zero-order valence-electron chi connectivity index (χ0n) is 14.1. The Balaban J connectivity index is 3.14. The summed E-state index contributed by atoms with van der Waals surface area (Å²) >= 11 is 0. The number of unbranched alkanes of at least 4 members (excludes halogenated alkanes) is 9. The van der Waals surface area contributed by atoms with E-state index in [2.05, 4.69) is 33.0 Å². The van der Waals surface area contributed by atoms with Crippen molar-refractivity contribution in [3.63, 3.8) is 0 Å². The topological polar surface area (TPSA) is 12.0 Å². The van der Waals surface area contributed by atoms with Crippen LogP contribution in [-0.4, -0.2) is 12.6 Å². The van der Waals surface area contributed by atoms with E-state index >= 15 is 0 Å². The lowest BCUT2D eigenvalue weighted by Gasteiger charge is -2.20. The van der Waals surface area contributed by atoms with Crippen LogP contribution in [0.25, 0.3) is 0 Å². The summed E-state index contributed by atoms with van der Waals surface area (Å²) in [6.07, 6.45) is 15.6. The number of hydrogen-bond acceptors (Lipinski definition) is 1. The van der Waals surface area contributed by atoms with Crippen LogP contribution in [0.3, 0.4) is 0 Å². The van der Waals surface area contributed by atoms with E-state index in [0.29, 0.717) is 0 Å². The Morgan fingerprint density at radius 3 is 1.58 bits per heavy atom. The SMILES string of the molecule is CCCCCCCCCCCCNC(CC)C(C)C. The van der Waals surface area contributed by atoms with Crippen LogP contribution in [-0.2, 0) is 0 Å². The Kier molecular flexibility index (Phi) is 14.3. The maximum absolute atomic E-state index is 3.69. The van der Waals surface area contributed by atoms with Crippen molar-refractivity contribution in [1.82, 2.24) is 5.32 Å². The molecule has 0 heterocycles. The predicted molar refractivity (Wildman–Crippen MR) is 88.8 cm³/mol. The summed E-state index contributed by atoms with van der Waals surface area (Å²) < 4.78 is 0. The molecule has 0 aliphatic rings. The Morgan fingerprint density at radius 2 is 1.16 bits per heavy atom. The molecule has 1 heteroatoms. The summed E-state index contributed by atoms with van der Waals surface area (Å²) in [5, 5.41) is 3.69. The first-order valence-corrected chi connectivity index (χ1v) is 8.95. The average molecular weight is 270 g/mol. The van der Waals surface area contributed by atoms with E-state index in [1.54, 1.807) is 0 Å². The summed E-state index contributed by atoms with van der Waals surface area (Å²) in [5.74, 6) is 0.771. The minimum Gasteiger partial charge on any atom is -0.314 e. The molecule has 0 aliphatic heterocycles. The molecular weight excluding hydrogens is 230 g/mol. The molecule has 1 N–H and O–H groups in total. The molecule has 0 aromatic heterocycles. The van der Waals surface area contributed by atoms with Crippen LogP contribution in [0.15, 0.2) is 0 Å². The van der Waals surface area contributed by atoms with Crippen molar-refractivity contribution in [2.75, 3.05) is 6.54 Å². The summed E-state index contributed by atoms with van der Waals surface area (Å²) in [5.41, 5.74) is 0. The van der Waals surface area contributed by atoms with Gasteiger partial charge in [0, 0.05) is 6.04 Å². The molecular formula is C18H39N. The molecule has 1 atom stereocenters. The standard InChI is InChI=1S/C18H39N/c1-5-7-8-9-10-11-12-13-14-15-16-19-18(6-2)17(3)4/h17-19H,5-16H2,1-4H3. The average Bonchev–Trinajstić information content (AvgIpc) is 2.40. The van der Waals surface area contributed by atoms with E-state index in [1.165, 1.54) is 77.2 Å². The quantitative estimate of drug-likeness (QED) is 0.385. The highest BCUT2D eigenvalue weighted by atomic mass is 14.9. The van der Waals surface area contributed by atoms with Crippen molar-refractivity contribution >= 4 is 0 Å². The lowest BCUT2D eigenvalue weighted by molar-refractivity contribution is 0.383. The molecule has 0 rings (SSSR count). The summed E-state index contributed by atoms with van der Waals surface area (Å²) in [6, 6.07) is 0.721. The maximum Gasteiger partial charge on any atom is 0.00874 e. The number of rotatable bonds is 14. The zero-order chi connectivity index (χ0) is 14.3. The zero-order valence-corrected chi connectivity index (χ0v) is 14.1. The first-order chi connectivity index (χ1) is 9.22. The molecule has 0 fully saturated rings. The molecule has 0 aromatic rings. The molecule has 0 saturated carbocycles. The number of nitrogens with one attached hydrogen (secondary N) is 1. The van der Waals surface area contributed by atoms with E-state index in [0.717, 1.165) is 12.0 Å². The van der Waals surface area contributed by atoms with Gasteiger partial charge in [-0.1, -0.05) is 85.5 Å². The third-order valence-corrected chi connectivity index (χ3v) is 4.18. The van der Waals surface area contributed by atoms with Crippen LogP contribution in [0.4, 0.5) is 0 Å². The van der Waals surface area contributed by atoms with Crippen molar-refractivity contribution in [3.05, 3.63) is 0 Å². The molecule has 0 aliphatic carbocycles. The van der Waals surface area contributed by atoms with E-state index in [4.69, 9.17) is 0 Å². The van der Waals surface area contributed by atoms with Crippen LogP contribution in [0.5, 0.6) is 0 Å². The Labute approximate surface area is 122 Å². The van der Waals surface area contributed by atoms with Gasteiger partial charge in [-0.15, -0.1) is 0 Å². The minimum absolute atomic E-state index is 0.721. The maximum atomic E-state index is 3.69. The molecule has 116 valence electrons. The predicted octanol–water partition coefficient (Wildman–Crippen LogP) is 5.93. The van der Waals surface area contributed by atoms with Crippen molar-refractivity contribution in [3.8, 4) is 0 Å². The highest BCUT2D eigenvalue weighted by molar-refractivity contribution is 4.68. The van der Waals surface area contributed by atoms with Crippen LogP contribution in [0.1, 0.15) is 98.3 Å². The van der Waals surface area contributed by atoms with Gasteiger partial charge >= 0.3 is 0 Å². The van der Waals surface area contributed by atoms with Crippen molar-refractivity contribution in [2.45, 2.75) is 104 Å². The fraction of sp³-hybridized carbons (Fsp3) is 1.00. The fourth-order valence-electron chi connectivity index (χ4n) is 2.75. The minimum atomic E-state index is 0.721. The summed E-state index contributed by atoms with van der Waals surface area (Å²) in [4.78, 5) is 0. The Morgan fingerprint density at radius 1 is 0.684 bits per heavy atom. The van der Waals surface area contributed by atoms with Gasteiger partial charge in [0.25, 0.3) is 0 Å². The van der Waals surface area contributed by atoms with Gasteiger partial charge in [-0.3, -0.25) is 0 Å². The van der Waals surface area contributed by atoms with E-state index < -0.39 is 0 Å². The lowest BCUT2D eigenvalue weighted by Crippen LogP contribution is -2.33. The molecule has 0 spiro atoms. The third kappa shape index (κ3) is 12.7. The third-order valence-electron chi connectivity index (χ3n) is 4.18. The highest BCUT2D eigenvalue weighted by Crippen LogP contribution is 2.10. The van der Waals surface area contributed by atoms with Crippen LogP contribution in [0.2, 0.25) is 0 Å². The molecule has 1 unspecified atom stereocenters. The second-order valence-electron chi connectivity index (χ2n) is 6.39. The number of hydrogen-bond donors (Lipinski definition) is 1. The molecule has 0 bridgehead atoms. The van der Waals surface area contributed by atoms with Gasteiger partial charge in [-0.2, -0.15) is 0 Å². The molecule has 0 radical (unpaired) electrons. The second kappa shape index (κ2) is 14.4. The largest absolute Gasteiger partial charge is 0.314 e. The summed E-state index contributed by atoms with van der Waals surface area (Å²) in [6.45, 7) is 10.4. The fourth-order valence-corrected chi connectivity index (χ4v) is 2.75.